The van der Waals surface area contributed by atoms with E-state index in [-0.39, 0.29) is 6.61 Å². The largest absolute Gasteiger partial charge is 0.392 e. The van der Waals surface area contributed by atoms with Crippen molar-refractivity contribution in [3.05, 3.63) is 50.6 Å². The molecule has 4 heteroatoms. The molecule has 0 unspecified atom stereocenters. The van der Waals surface area contributed by atoms with Crippen LogP contribution in [0.1, 0.15) is 17.4 Å². The van der Waals surface area contributed by atoms with E-state index in [2.05, 4.69) is 51.3 Å². The standard InChI is InChI=1S/C14H16BrNOS/c1-2-16(9-13-4-3-7-18-13)14-8-12(15)6-5-11(14)10-17/h3-8,17H,2,9-10H2,1H3. The SMILES string of the molecule is CCN(Cc1cccs1)c1cc(Br)ccc1CO. The van der Waals surface area contributed by atoms with E-state index < -0.39 is 0 Å². The third-order valence-electron chi connectivity index (χ3n) is 2.87. The second kappa shape index (κ2) is 6.36. The molecule has 0 fully saturated rings. The van der Waals surface area contributed by atoms with Crippen molar-refractivity contribution in [1.29, 1.82) is 0 Å². The topological polar surface area (TPSA) is 23.5 Å². The van der Waals surface area contributed by atoms with Gasteiger partial charge in [0.1, 0.15) is 0 Å². The fourth-order valence-corrected chi connectivity index (χ4v) is 2.99. The lowest BCUT2D eigenvalue weighted by atomic mass is 10.1. The van der Waals surface area contributed by atoms with Crippen LogP contribution in [0.25, 0.3) is 0 Å². The highest BCUT2D eigenvalue weighted by Crippen LogP contribution is 2.27. The molecule has 0 saturated carbocycles. The fraction of sp³-hybridized carbons (Fsp3) is 0.286. The van der Waals surface area contributed by atoms with Gasteiger partial charge in [0.2, 0.25) is 0 Å². The molecule has 2 nitrogen and oxygen atoms in total. The van der Waals surface area contributed by atoms with Crippen molar-refractivity contribution in [3.8, 4) is 0 Å². The van der Waals surface area contributed by atoms with E-state index in [1.54, 1.807) is 11.3 Å². The van der Waals surface area contributed by atoms with Crippen LogP contribution in [0.2, 0.25) is 0 Å². The minimum absolute atomic E-state index is 0.0730. The number of nitrogens with zero attached hydrogens (tertiary/aromatic N) is 1. The molecule has 0 aliphatic rings. The Morgan fingerprint density at radius 1 is 1.33 bits per heavy atom. The van der Waals surface area contributed by atoms with Crippen LogP contribution in [0.4, 0.5) is 5.69 Å². The first-order chi connectivity index (χ1) is 8.74. The number of rotatable bonds is 5. The van der Waals surface area contributed by atoms with E-state index in [0.717, 1.165) is 28.8 Å². The minimum Gasteiger partial charge on any atom is -0.392 e. The third kappa shape index (κ3) is 3.13. The first kappa shape index (κ1) is 13.6. The van der Waals surface area contributed by atoms with Crippen LogP contribution in [-0.4, -0.2) is 11.7 Å². The molecule has 96 valence electrons. The predicted molar refractivity (Wildman–Crippen MR) is 81.1 cm³/mol. The number of aliphatic hydroxyl groups excluding tert-OH is 1. The highest BCUT2D eigenvalue weighted by Gasteiger charge is 2.11. The zero-order chi connectivity index (χ0) is 13.0. The maximum absolute atomic E-state index is 9.44. The quantitative estimate of drug-likeness (QED) is 0.897. The molecule has 18 heavy (non-hydrogen) atoms. The Morgan fingerprint density at radius 2 is 2.17 bits per heavy atom. The van der Waals surface area contributed by atoms with Crippen LogP contribution in [-0.2, 0) is 13.2 Å². The van der Waals surface area contributed by atoms with Gasteiger partial charge in [-0.2, -0.15) is 0 Å². The zero-order valence-corrected chi connectivity index (χ0v) is 12.7. The molecule has 2 aromatic rings. The molecule has 1 aromatic heterocycles. The van der Waals surface area contributed by atoms with Crippen molar-refractivity contribution >= 4 is 33.0 Å². The summed E-state index contributed by atoms with van der Waals surface area (Å²) in [6, 6.07) is 10.2. The van der Waals surface area contributed by atoms with Gasteiger partial charge >= 0.3 is 0 Å². The fourth-order valence-electron chi connectivity index (χ4n) is 1.92. The van der Waals surface area contributed by atoms with E-state index in [9.17, 15) is 5.11 Å². The monoisotopic (exact) mass is 325 g/mol. The average Bonchev–Trinajstić information content (AvgIpc) is 2.88. The van der Waals surface area contributed by atoms with Crippen molar-refractivity contribution in [2.75, 3.05) is 11.4 Å². The normalized spacial score (nSPS) is 10.6. The molecule has 0 bridgehead atoms. The first-order valence-corrected chi connectivity index (χ1v) is 7.58. The number of benzene rings is 1. The van der Waals surface area contributed by atoms with Crippen LogP contribution < -0.4 is 4.90 Å². The zero-order valence-electron chi connectivity index (χ0n) is 10.3. The number of hydrogen-bond acceptors (Lipinski definition) is 3. The predicted octanol–water partition coefficient (Wildman–Crippen LogP) is 4.03. The molecule has 1 N–H and O–H groups in total. The Balaban J connectivity index is 2.28. The van der Waals surface area contributed by atoms with Crippen molar-refractivity contribution < 1.29 is 5.11 Å². The molecular formula is C14H16BrNOS. The van der Waals surface area contributed by atoms with Gasteiger partial charge in [-0.15, -0.1) is 11.3 Å². The Morgan fingerprint density at radius 3 is 2.78 bits per heavy atom. The summed E-state index contributed by atoms with van der Waals surface area (Å²) in [5.41, 5.74) is 2.07. The van der Waals surface area contributed by atoms with Gasteiger partial charge < -0.3 is 10.0 Å². The van der Waals surface area contributed by atoms with Crippen LogP contribution in [0.3, 0.4) is 0 Å². The van der Waals surface area contributed by atoms with Gasteiger partial charge in [-0.1, -0.05) is 28.1 Å². The molecule has 2 rings (SSSR count). The van der Waals surface area contributed by atoms with Crippen molar-refractivity contribution in [1.82, 2.24) is 0 Å². The number of aliphatic hydroxyl groups is 1. The van der Waals surface area contributed by atoms with Gasteiger partial charge in [0, 0.05) is 27.1 Å². The second-order valence-electron chi connectivity index (χ2n) is 4.02. The average molecular weight is 326 g/mol. The molecule has 0 aliphatic carbocycles. The Kier molecular flexibility index (Phi) is 4.80. The highest BCUT2D eigenvalue weighted by atomic mass is 79.9. The van der Waals surface area contributed by atoms with E-state index in [1.165, 1.54) is 4.88 Å². The highest BCUT2D eigenvalue weighted by molar-refractivity contribution is 9.10. The van der Waals surface area contributed by atoms with E-state index >= 15 is 0 Å². The molecule has 1 aromatic carbocycles. The summed E-state index contributed by atoms with van der Waals surface area (Å²) in [6.07, 6.45) is 0. The molecule has 0 amide bonds. The summed E-state index contributed by atoms with van der Waals surface area (Å²) in [6.45, 7) is 4.01. The van der Waals surface area contributed by atoms with Crippen LogP contribution in [0.5, 0.6) is 0 Å². The van der Waals surface area contributed by atoms with Gasteiger partial charge in [-0.25, -0.2) is 0 Å². The Labute approximate surface area is 120 Å². The molecule has 0 atom stereocenters. The van der Waals surface area contributed by atoms with Crippen LogP contribution >= 0.6 is 27.3 Å². The van der Waals surface area contributed by atoms with Crippen molar-refractivity contribution in [2.45, 2.75) is 20.1 Å². The van der Waals surface area contributed by atoms with Gasteiger partial charge in [0.25, 0.3) is 0 Å². The summed E-state index contributed by atoms with van der Waals surface area (Å²) >= 11 is 5.26. The Bertz CT molecular complexity index is 499. The van der Waals surface area contributed by atoms with Crippen LogP contribution in [0.15, 0.2) is 40.2 Å². The molecule has 1 heterocycles. The van der Waals surface area contributed by atoms with E-state index in [0.29, 0.717) is 0 Å². The lowest BCUT2D eigenvalue weighted by molar-refractivity contribution is 0.282. The summed E-state index contributed by atoms with van der Waals surface area (Å²) < 4.78 is 1.04. The second-order valence-corrected chi connectivity index (χ2v) is 5.97. The first-order valence-electron chi connectivity index (χ1n) is 5.91. The number of hydrogen-bond donors (Lipinski definition) is 1. The van der Waals surface area contributed by atoms with Gasteiger partial charge in [-0.3, -0.25) is 0 Å². The van der Waals surface area contributed by atoms with Gasteiger partial charge in [0.15, 0.2) is 0 Å². The molecule has 0 spiro atoms. The maximum atomic E-state index is 9.44. The molecule has 0 aliphatic heterocycles. The van der Waals surface area contributed by atoms with Gasteiger partial charge in [0.05, 0.1) is 13.2 Å². The summed E-state index contributed by atoms with van der Waals surface area (Å²) in [5.74, 6) is 0. The number of anilines is 1. The van der Waals surface area contributed by atoms with E-state index in [1.807, 2.05) is 12.1 Å². The number of halogens is 1. The number of thiophene rings is 1. The third-order valence-corrected chi connectivity index (χ3v) is 4.22. The Hall–Kier alpha value is -0.840. The lowest BCUT2D eigenvalue weighted by Crippen LogP contribution is -2.22. The summed E-state index contributed by atoms with van der Waals surface area (Å²) in [4.78, 5) is 3.61. The summed E-state index contributed by atoms with van der Waals surface area (Å²) in [7, 11) is 0. The maximum Gasteiger partial charge on any atom is 0.0702 e. The lowest BCUT2D eigenvalue weighted by Gasteiger charge is -2.25. The van der Waals surface area contributed by atoms with Crippen LogP contribution in [0, 0.1) is 0 Å². The molecule has 0 saturated heterocycles. The smallest absolute Gasteiger partial charge is 0.0702 e. The van der Waals surface area contributed by atoms with Gasteiger partial charge in [-0.05, 0) is 30.5 Å². The molecular weight excluding hydrogens is 310 g/mol. The van der Waals surface area contributed by atoms with E-state index in [4.69, 9.17) is 0 Å². The van der Waals surface area contributed by atoms with Crippen molar-refractivity contribution in [2.24, 2.45) is 0 Å². The molecule has 0 radical (unpaired) electrons. The summed E-state index contributed by atoms with van der Waals surface area (Å²) in [5, 5.41) is 11.5. The minimum atomic E-state index is 0.0730. The van der Waals surface area contributed by atoms with Crippen molar-refractivity contribution in [3.63, 3.8) is 0 Å².